The molecule has 12 heavy (non-hydrogen) atoms. The molecule has 0 saturated carbocycles. The average Bonchev–Trinajstić information content (AvgIpc) is 2.06. The Morgan fingerprint density at radius 1 is 1.33 bits per heavy atom. The second kappa shape index (κ2) is 5.00. The number of rotatable bonds is 3. The van der Waals surface area contributed by atoms with Crippen LogP contribution in [0.3, 0.4) is 0 Å². The van der Waals surface area contributed by atoms with Crippen LogP contribution in [-0.2, 0) is 10.8 Å². The highest BCUT2D eigenvalue weighted by molar-refractivity contribution is 9.10. The molecule has 1 aromatic carbocycles. The van der Waals surface area contributed by atoms with E-state index in [0.717, 1.165) is 9.37 Å². The number of hydrogen-bond acceptors (Lipinski definition) is 1. The average molecular weight is 268 g/mol. The molecule has 0 saturated heterocycles. The maximum atomic E-state index is 11.4. The van der Waals surface area contributed by atoms with E-state index in [-0.39, 0.29) is 0 Å². The molecule has 0 heterocycles. The van der Waals surface area contributed by atoms with Crippen molar-refractivity contribution in [3.05, 3.63) is 28.7 Å². The predicted octanol–water partition coefficient (Wildman–Crippen LogP) is 2.80. The molecule has 0 bridgehead atoms. The van der Waals surface area contributed by atoms with E-state index >= 15 is 0 Å². The molecule has 0 aliphatic rings. The summed E-state index contributed by atoms with van der Waals surface area (Å²) in [5, 5.41) is 0. The second-order valence-electron chi connectivity index (χ2n) is 2.19. The van der Waals surface area contributed by atoms with Gasteiger partial charge in [0.1, 0.15) is 0 Å². The van der Waals surface area contributed by atoms with Crippen molar-refractivity contribution in [1.82, 2.24) is 0 Å². The lowest BCUT2D eigenvalue weighted by Crippen LogP contribution is -1.98. The minimum absolute atomic E-state index is 0.433. The molecular formula is C8H8BrClOS. The lowest BCUT2D eigenvalue weighted by molar-refractivity contribution is 0.684. The largest absolute Gasteiger partial charge is 0.254 e. The van der Waals surface area contributed by atoms with Gasteiger partial charge >= 0.3 is 0 Å². The topological polar surface area (TPSA) is 17.1 Å². The molecule has 0 aliphatic heterocycles. The third-order valence-corrected chi connectivity index (χ3v) is 3.65. The van der Waals surface area contributed by atoms with Crippen molar-refractivity contribution in [1.29, 1.82) is 0 Å². The van der Waals surface area contributed by atoms with Gasteiger partial charge in [-0.15, -0.1) is 11.6 Å². The fourth-order valence-corrected chi connectivity index (χ4v) is 2.27. The molecule has 0 aromatic heterocycles. The molecule has 1 aromatic rings. The zero-order valence-electron chi connectivity index (χ0n) is 6.30. The molecule has 0 aliphatic carbocycles. The molecule has 0 radical (unpaired) electrons. The number of halogens is 2. The lowest BCUT2D eigenvalue weighted by Gasteiger charge is -1.98. The molecule has 0 spiro atoms. The normalized spacial score (nSPS) is 12.8. The van der Waals surface area contributed by atoms with Crippen molar-refractivity contribution in [3.8, 4) is 0 Å². The van der Waals surface area contributed by atoms with Crippen molar-refractivity contribution >= 4 is 38.3 Å². The molecule has 0 unspecified atom stereocenters. The summed E-state index contributed by atoms with van der Waals surface area (Å²) in [6, 6.07) is 7.43. The number of alkyl halides is 1. The van der Waals surface area contributed by atoms with Crippen molar-refractivity contribution in [2.45, 2.75) is 4.90 Å². The van der Waals surface area contributed by atoms with E-state index in [4.69, 9.17) is 11.6 Å². The molecule has 1 rings (SSSR count). The minimum atomic E-state index is -0.944. The van der Waals surface area contributed by atoms with E-state index in [0.29, 0.717) is 11.6 Å². The van der Waals surface area contributed by atoms with Crippen LogP contribution >= 0.6 is 27.5 Å². The summed E-state index contributed by atoms with van der Waals surface area (Å²) in [5.74, 6) is 0.950. The lowest BCUT2D eigenvalue weighted by atomic mass is 10.4. The van der Waals surface area contributed by atoms with E-state index in [2.05, 4.69) is 15.9 Å². The molecule has 0 N–H and O–H groups in total. The van der Waals surface area contributed by atoms with Crippen LogP contribution in [0.15, 0.2) is 33.6 Å². The van der Waals surface area contributed by atoms with Gasteiger partial charge in [-0.1, -0.05) is 15.9 Å². The van der Waals surface area contributed by atoms with Crippen LogP contribution in [0.25, 0.3) is 0 Å². The van der Waals surface area contributed by atoms with Crippen molar-refractivity contribution < 1.29 is 4.21 Å². The van der Waals surface area contributed by atoms with Crippen LogP contribution in [0.5, 0.6) is 0 Å². The van der Waals surface area contributed by atoms with Gasteiger partial charge in [-0.05, 0) is 24.3 Å². The Hall–Kier alpha value is 0.140. The first-order valence-corrected chi connectivity index (χ1v) is 6.08. The van der Waals surface area contributed by atoms with Gasteiger partial charge in [0.25, 0.3) is 0 Å². The summed E-state index contributed by atoms with van der Waals surface area (Å²) in [6.07, 6.45) is 0. The Morgan fingerprint density at radius 2 is 1.92 bits per heavy atom. The first-order chi connectivity index (χ1) is 5.74. The fourth-order valence-electron chi connectivity index (χ4n) is 0.774. The summed E-state index contributed by atoms with van der Waals surface area (Å²) in [7, 11) is -0.944. The van der Waals surface area contributed by atoms with Crippen LogP contribution < -0.4 is 0 Å². The first-order valence-electron chi connectivity index (χ1n) is 3.44. The zero-order chi connectivity index (χ0) is 8.97. The Balaban J connectivity index is 2.75. The Labute approximate surface area is 87.7 Å². The standard InChI is InChI=1S/C8H8BrClOS/c9-7-1-3-8(4-2-7)12(11)6-5-10/h1-4H,5-6H2/t12-/m1/s1. The van der Waals surface area contributed by atoms with Gasteiger partial charge in [0.05, 0.1) is 10.8 Å². The third kappa shape index (κ3) is 2.88. The summed E-state index contributed by atoms with van der Waals surface area (Å²) in [4.78, 5) is 0.832. The Bertz CT molecular complexity index is 273. The van der Waals surface area contributed by atoms with Crippen molar-refractivity contribution in [2.24, 2.45) is 0 Å². The Morgan fingerprint density at radius 3 is 2.42 bits per heavy atom. The summed E-state index contributed by atoms with van der Waals surface area (Å²) >= 11 is 8.78. The van der Waals surface area contributed by atoms with Gasteiger partial charge in [0, 0.05) is 21.0 Å². The third-order valence-electron chi connectivity index (χ3n) is 1.34. The summed E-state index contributed by atoms with van der Waals surface area (Å²) in [6.45, 7) is 0. The molecule has 0 amide bonds. The first kappa shape index (κ1) is 10.2. The fraction of sp³-hybridized carbons (Fsp3) is 0.250. The molecular weight excluding hydrogens is 260 g/mol. The van der Waals surface area contributed by atoms with Crippen molar-refractivity contribution in [3.63, 3.8) is 0 Å². The molecule has 1 atom stereocenters. The number of benzene rings is 1. The van der Waals surface area contributed by atoms with E-state index < -0.39 is 10.8 Å². The Kier molecular flexibility index (Phi) is 4.26. The SMILES string of the molecule is O=[S@](CCCl)c1ccc(Br)cc1. The highest BCUT2D eigenvalue weighted by Gasteiger charge is 2.01. The van der Waals surface area contributed by atoms with Crippen LogP contribution in [0, 0.1) is 0 Å². The molecule has 66 valence electrons. The monoisotopic (exact) mass is 266 g/mol. The van der Waals surface area contributed by atoms with Crippen molar-refractivity contribution in [2.75, 3.05) is 11.6 Å². The van der Waals surface area contributed by atoms with Crippen LogP contribution in [-0.4, -0.2) is 15.8 Å². The van der Waals surface area contributed by atoms with Gasteiger partial charge < -0.3 is 0 Å². The highest BCUT2D eigenvalue weighted by Crippen LogP contribution is 2.13. The van der Waals surface area contributed by atoms with Crippen LogP contribution in [0.4, 0.5) is 0 Å². The maximum Gasteiger partial charge on any atom is 0.0541 e. The van der Waals surface area contributed by atoms with Gasteiger partial charge in [-0.3, -0.25) is 4.21 Å². The second-order valence-corrected chi connectivity index (χ2v) is 5.06. The highest BCUT2D eigenvalue weighted by atomic mass is 79.9. The van der Waals surface area contributed by atoms with E-state index in [1.165, 1.54) is 0 Å². The van der Waals surface area contributed by atoms with Gasteiger partial charge in [0.15, 0.2) is 0 Å². The van der Waals surface area contributed by atoms with Gasteiger partial charge in [0.2, 0.25) is 0 Å². The van der Waals surface area contributed by atoms with Gasteiger partial charge in [-0.2, -0.15) is 0 Å². The predicted molar refractivity (Wildman–Crippen MR) is 56.1 cm³/mol. The molecule has 0 fully saturated rings. The zero-order valence-corrected chi connectivity index (χ0v) is 9.45. The molecule has 1 nitrogen and oxygen atoms in total. The summed E-state index contributed by atoms with van der Waals surface area (Å²) < 4.78 is 12.4. The number of hydrogen-bond donors (Lipinski definition) is 0. The smallest absolute Gasteiger partial charge is 0.0541 e. The van der Waals surface area contributed by atoms with E-state index in [1.54, 1.807) is 0 Å². The van der Waals surface area contributed by atoms with Gasteiger partial charge in [-0.25, -0.2) is 0 Å². The van der Waals surface area contributed by atoms with E-state index in [9.17, 15) is 4.21 Å². The van der Waals surface area contributed by atoms with E-state index in [1.807, 2.05) is 24.3 Å². The quantitative estimate of drug-likeness (QED) is 0.770. The maximum absolute atomic E-state index is 11.4. The summed E-state index contributed by atoms with van der Waals surface area (Å²) in [5.41, 5.74) is 0. The molecule has 4 heteroatoms. The minimum Gasteiger partial charge on any atom is -0.254 e. The van der Waals surface area contributed by atoms with Crippen LogP contribution in [0.2, 0.25) is 0 Å². The van der Waals surface area contributed by atoms with Crippen LogP contribution in [0.1, 0.15) is 0 Å².